The van der Waals surface area contributed by atoms with Crippen molar-refractivity contribution in [2.45, 2.75) is 52.6 Å². The summed E-state index contributed by atoms with van der Waals surface area (Å²) in [6, 6.07) is 12.3. The van der Waals surface area contributed by atoms with E-state index in [1.165, 1.54) is 11.3 Å². The third-order valence-electron chi connectivity index (χ3n) is 7.41. The van der Waals surface area contributed by atoms with Crippen molar-refractivity contribution in [1.82, 2.24) is 9.80 Å². The first kappa shape index (κ1) is 30.1. The van der Waals surface area contributed by atoms with Crippen LogP contribution in [0.15, 0.2) is 46.6 Å². The summed E-state index contributed by atoms with van der Waals surface area (Å²) in [4.78, 5) is 20.6. The molecule has 2 aliphatic heterocycles. The number of methoxy groups -OCH3 is 2. The van der Waals surface area contributed by atoms with Gasteiger partial charge in [-0.25, -0.2) is 0 Å². The molecule has 1 amide bonds. The summed E-state index contributed by atoms with van der Waals surface area (Å²) >= 11 is 0. The van der Waals surface area contributed by atoms with E-state index in [4.69, 9.17) is 14.9 Å². The topological polar surface area (TPSA) is 93.8 Å². The monoisotopic (exact) mass is 536 g/mol. The zero-order valence-electron chi connectivity index (χ0n) is 24.2. The van der Waals surface area contributed by atoms with E-state index < -0.39 is 0 Å². The second-order valence-corrected chi connectivity index (χ2v) is 9.63. The summed E-state index contributed by atoms with van der Waals surface area (Å²) in [5, 5.41) is 13.0. The standard InChI is InChI=1S/C27H37N3O3.C3H7N3/c1-5-7-10-23(20-12-13-25(32-3)26(18-20)33-4)30-19-22-21(27(30)31)9-8-11-24(22)29-16-14-28(6-2)15-17-29;1-2-5-6-3-4/h8-9,11-13,18,23H,5-7,10,14-17,19H2,1-4H3;3-4H,2H2,1H3/t23-;/m1./s1. The lowest BCUT2D eigenvalue weighted by Crippen LogP contribution is -2.46. The molecule has 9 nitrogen and oxygen atoms in total. The quantitative estimate of drug-likeness (QED) is 0.223. The number of anilines is 1. The maximum Gasteiger partial charge on any atom is 0.255 e. The van der Waals surface area contributed by atoms with Crippen molar-refractivity contribution in [3.63, 3.8) is 0 Å². The molecule has 1 N–H and O–H groups in total. The Morgan fingerprint density at radius 2 is 1.77 bits per heavy atom. The number of piperazine rings is 1. The van der Waals surface area contributed by atoms with Crippen molar-refractivity contribution < 1.29 is 14.3 Å². The highest BCUT2D eigenvalue weighted by molar-refractivity contribution is 6.00. The number of carbonyl (C=O) groups excluding carboxylic acids is 1. The van der Waals surface area contributed by atoms with Gasteiger partial charge < -0.3 is 24.2 Å². The van der Waals surface area contributed by atoms with Crippen LogP contribution in [0.5, 0.6) is 11.5 Å². The predicted molar refractivity (Wildman–Crippen MR) is 157 cm³/mol. The van der Waals surface area contributed by atoms with E-state index in [9.17, 15) is 4.79 Å². The largest absolute Gasteiger partial charge is 0.493 e. The Bertz CT molecular complexity index is 1110. The van der Waals surface area contributed by atoms with Crippen molar-refractivity contribution in [2.75, 3.05) is 58.4 Å². The molecule has 0 aliphatic carbocycles. The van der Waals surface area contributed by atoms with Crippen LogP contribution in [-0.4, -0.2) is 75.5 Å². The van der Waals surface area contributed by atoms with Gasteiger partial charge in [0.15, 0.2) is 11.5 Å². The van der Waals surface area contributed by atoms with Gasteiger partial charge in [-0.15, -0.1) is 5.11 Å². The Morgan fingerprint density at radius 1 is 1.03 bits per heavy atom. The summed E-state index contributed by atoms with van der Waals surface area (Å²) in [5.74, 6) is 1.55. The summed E-state index contributed by atoms with van der Waals surface area (Å²) in [5.41, 5.74) is 4.35. The third-order valence-corrected chi connectivity index (χ3v) is 7.41. The number of fused-ring (bicyclic) bond motifs is 1. The first-order valence-electron chi connectivity index (χ1n) is 14.0. The molecule has 1 atom stereocenters. The molecule has 0 radical (unpaired) electrons. The molecule has 2 aromatic rings. The lowest BCUT2D eigenvalue weighted by Gasteiger charge is -2.36. The number of hydrogen-bond donors (Lipinski definition) is 1. The Balaban J connectivity index is 0.000000631. The zero-order chi connectivity index (χ0) is 28.2. The van der Waals surface area contributed by atoms with Gasteiger partial charge in [0.05, 0.1) is 26.8 Å². The molecule has 2 aromatic carbocycles. The lowest BCUT2D eigenvalue weighted by molar-refractivity contribution is 0.0688. The normalized spacial score (nSPS) is 16.1. The minimum atomic E-state index is 0.00875. The molecular weight excluding hydrogens is 492 g/mol. The number of hydrogen-bond acceptors (Lipinski definition) is 7. The number of carbonyl (C=O) groups is 1. The molecule has 4 rings (SSSR count). The second kappa shape index (κ2) is 15.2. The van der Waals surface area contributed by atoms with Crippen molar-refractivity contribution in [1.29, 1.82) is 5.41 Å². The summed E-state index contributed by atoms with van der Waals surface area (Å²) in [6.07, 6.45) is 4.00. The lowest BCUT2D eigenvalue weighted by atomic mass is 9.99. The van der Waals surface area contributed by atoms with Crippen molar-refractivity contribution >= 4 is 17.9 Å². The van der Waals surface area contributed by atoms with E-state index in [2.05, 4.69) is 50.9 Å². The highest BCUT2D eigenvalue weighted by atomic mass is 16.5. The number of unbranched alkanes of at least 4 members (excludes halogenated alkanes) is 1. The van der Waals surface area contributed by atoms with E-state index in [0.29, 0.717) is 24.6 Å². The number of amides is 1. The van der Waals surface area contributed by atoms with E-state index in [-0.39, 0.29) is 11.9 Å². The predicted octanol–water partition coefficient (Wildman–Crippen LogP) is 5.80. The van der Waals surface area contributed by atoms with Gasteiger partial charge in [-0.3, -0.25) is 10.2 Å². The van der Waals surface area contributed by atoms with Gasteiger partial charge in [0.2, 0.25) is 0 Å². The Kier molecular flexibility index (Phi) is 11.7. The van der Waals surface area contributed by atoms with Gasteiger partial charge in [-0.05, 0) is 49.7 Å². The number of nitrogens with zero attached hydrogens (tertiary/aromatic N) is 5. The maximum atomic E-state index is 13.6. The third kappa shape index (κ3) is 7.35. The number of nitrogens with one attached hydrogen (secondary N) is 1. The van der Waals surface area contributed by atoms with E-state index in [0.717, 1.165) is 69.5 Å². The van der Waals surface area contributed by atoms with Gasteiger partial charge in [-0.1, -0.05) is 38.8 Å². The van der Waals surface area contributed by atoms with Crippen LogP contribution in [0.3, 0.4) is 0 Å². The Morgan fingerprint density at radius 3 is 2.36 bits per heavy atom. The van der Waals surface area contributed by atoms with Gasteiger partial charge in [-0.2, -0.15) is 5.11 Å². The van der Waals surface area contributed by atoms with Crippen LogP contribution in [0.4, 0.5) is 5.69 Å². The first-order valence-corrected chi connectivity index (χ1v) is 14.0. The fourth-order valence-electron chi connectivity index (χ4n) is 5.27. The van der Waals surface area contributed by atoms with Crippen molar-refractivity contribution in [2.24, 2.45) is 10.2 Å². The van der Waals surface area contributed by atoms with Crippen LogP contribution in [0.2, 0.25) is 0 Å². The molecule has 9 heteroatoms. The molecule has 0 aromatic heterocycles. The number of likely N-dealkylation sites (N-methyl/N-ethyl adjacent to an activating group) is 1. The average molecular weight is 537 g/mol. The smallest absolute Gasteiger partial charge is 0.255 e. The molecule has 2 heterocycles. The molecule has 2 aliphatic rings. The Labute approximate surface area is 233 Å². The number of azo groups is 1. The van der Waals surface area contributed by atoms with Gasteiger partial charge in [0, 0.05) is 49.5 Å². The van der Waals surface area contributed by atoms with Crippen LogP contribution in [0.25, 0.3) is 0 Å². The molecule has 0 bridgehead atoms. The molecular formula is C30H44N6O3. The fraction of sp³-hybridized carbons (Fsp3) is 0.533. The molecule has 1 saturated heterocycles. The van der Waals surface area contributed by atoms with Crippen molar-refractivity contribution in [3.05, 3.63) is 53.1 Å². The number of rotatable bonds is 11. The van der Waals surface area contributed by atoms with Gasteiger partial charge in [0.25, 0.3) is 5.91 Å². The van der Waals surface area contributed by atoms with Crippen LogP contribution in [0.1, 0.15) is 67.6 Å². The van der Waals surface area contributed by atoms with Crippen molar-refractivity contribution in [3.8, 4) is 11.5 Å². The van der Waals surface area contributed by atoms with Gasteiger partial charge in [0.1, 0.15) is 6.34 Å². The van der Waals surface area contributed by atoms with Crippen LogP contribution < -0.4 is 14.4 Å². The highest BCUT2D eigenvalue weighted by Crippen LogP contribution is 2.40. The van der Waals surface area contributed by atoms with Crippen LogP contribution in [-0.2, 0) is 6.54 Å². The summed E-state index contributed by atoms with van der Waals surface area (Å²) < 4.78 is 11.0. The fourth-order valence-corrected chi connectivity index (χ4v) is 5.27. The van der Waals surface area contributed by atoms with E-state index >= 15 is 0 Å². The highest BCUT2D eigenvalue weighted by Gasteiger charge is 2.36. The molecule has 0 saturated carbocycles. The number of benzene rings is 2. The van der Waals surface area contributed by atoms with Crippen LogP contribution >= 0.6 is 0 Å². The molecule has 212 valence electrons. The Hall–Kier alpha value is -3.46. The van der Waals surface area contributed by atoms with E-state index in [1.807, 2.05) is 31.2 Å². The minimum Gasteiger partial charge on any atom is -0.493 e. The van der Waals surface area contributed by atoms with Crippen LogP contribution in [0, 0.1) is 5.41 Å². The van der Waals surface area contributed by atoms with E-state index in [1.54, 1.807) is 14.2 Å². The molecule has 39 heavy (non-hydrogen) atoms. The summed E-state index contributed by atoms with van der Waals surface area (Å²) in [7, 11) is 3.30. The van der Waals surface area contributed by atoms with Gasteiger partial charge >= 0.3 is 0 Å². The molecule has 1 fully saturated rings. The average Bonchev–Trinajstić information content (AvgIpc) is 3.32. The molecule has 0 spiro atoms. The minimum absolute atomic E-state index is 0.00875. The maximum absolute atomic E-state index is 13.6. The second-order valence-electron chi connectivity index (χ2n) is 9.63. The molecule has 0 unspecified atom stereocenters. The SMILES string of the molecule is CCCC[C@H](c1ccc(OC)c(OC)c1)N1Cc2c(cccc2N2CCN(CC)CC2)C1=O.CCN=NC=N. The summed E-state index contributed by atoms with van der Waals surface area (Å²) in [6.45, 7) is 12.9. The number of ether oxygens (including phenoxy) is 2. The first-order chi connectivity index (χ1) is 19.0. The zero-order valence-corrected chi connectivity index (χ0v) is 24.2.